The van der Waals surface area contributed by atoms with E-state index in [4.69, 9.17) is 0 Å². The summed E-state index contributed by atoms with van der Waals surface area (Å²) in [5.74, 6) is 1.19. The molecule has 0 unspecified atom stereocenters. The van der Waals surface area contributed by atoms with Gasteiger partial charge >= 0.3 is 0 Å². The fourth-order valence-electron chi connectivity index (χ4n) is 0.831. The summed E-state index contributed by atoms with van der Waals surface area (Å²) >= 11 is 1.88. The molecule has 0 aliphatic rings. The van der Waals surface area contributed by atoms with Crippen molar-refractivity contribution in [2.45, 2.75) is 6.54 Å². The first-order valence-corrected chi connectivity index (χ1v) is 4.72. The van der Waals surface area contributed by atoms with Crippen LogP contribution in [0.4, 0.5) is 0 Å². The molecule has 0 aliphatic heterocycles. The van der Waals surface area contributed by atoms with Crippen molar-refractivity contribution in [3.8, 4) is 0 Å². The van der Waals surface area contributed by atoms with Crippen LogP contribution in [0.15, 0.2) is 18.7 Å². The zero-order valence-corrected chi connectivity index (χ0v) is 8.40. The van der Waals surface area contributed by atoms with Crippen LogP contribution < -0.4 is 17.0 Å². The zero-order valence-electron chi connectivity index (χ0n) is 6.83. The Morgan fingerprint density at radius 1 is 1.55 bits per heavy atom. The number of aryl methyl sites for hydroxylation is 2. The van der Waals surface area contributed by atoms with Gasteiger partial charge in [-0.2, -0.15) is 11.8 Å². The van der Waals surface area contributed by atoms with E-state index in [2.05, 4.69) is 34.1 Å². The van der Waals surface area contributed by atoms with Gasteiger partial charge in [0.25, 0.3) is 0 Å². The highest BCUT2D eigenvalue weighted by molar-refractivity contribution is 7.98. The smallest absolute Gasteiger partial charge is 0.243 e. The van der Waals surface area contributed by atoms with E-state index in [1.54, 1.807) is 0 Å². The van der Waals surface area contributed by atoms with Crippen LogP contribution in [-0.4, -0.2) is 16.6 Å². The lowest BCUT2D eigenvalue weighted by atomic mass is 10.7. The van der Waals surface area contributed by atoms with Gasteiger partial charge in [-0.3, -0.25) is 0 Å². The molecule has 1 aromatic heterocycles. The van der Waals surface area contributed by atoms with Gasteiger partial charge in [0.2, 0.25) is 6.33 Å². The molecule has 1 rings (SSSR count). The first-order chi connectivity index (χ1) is 4.83. The average Bonchev–Trinajstić information content (AvgIpc) is 2.31. The van der Waals surface area contributed by atoms with Gasteiger partial charge in [-0.05, 0) is 6.26 Å². The van der Waals surface area contributed by atoms with Crippen LogP contribution in [0.3, 0.4) is 0 Å². The molecule has 0 amide bonds. The largest absolute Gasteiger partial charge is 1.00 e. The topological polar surface area (TPSA) is 8.81 Å². The molecule has 0 bridgehead atoms. The third kappa shape index (κ3) is 3.68. The van der Waals surface area contributed by atoms with Gasteiger partial charge < -0.3 is 12.4 Å². The van der Waals surface area contributed by atoms with Crippen molar-refractivity contribution >= 4 is 11.8 Å². The SMILES string of the molecule is CSCCn1cc[n+](C)c1.[Cl-]. The molecule has 0 saturated heterocycles. The number of hydrogen-bond donors (Lipinski definition) is 0. The van der Waals surface area contributed by atoms with Crippen LogP contribution in [0.25, 0.3) is 0 Å². The molecule has 0 aromatic carbocycles. The number of halogens is 1. The minimum absolute atomic E-state index is 0. The summed E-state index contributed by atoms with van der Waals surface area (Å²) in [6, 6.07) is 0. The van der Waals surface area contributed by atoms with Crippen LogP contribution in [0.1, 0.15) is 0 Å². The maximum atomic E-state index is 2.19. The van der Waals surface area contributed by atoms with Gasteiger partial charge in [0, 0.05) is 5.75 Å². The molecule has 11 heavy (non-hydrogen) atoms. The summed E-state index contributed by atoms with van der Waals surface area (Å²) in [7, 11) is 2.04. The molecule has 64 valence electrons. The summed E-state index contributed by atoms with van der Waals surface area (Å²) in [5, 5.41) is 0. The second-order valence-corrected chi connectivity index (χ2v) is 3.30. The lowest BCUT2D eigenvalue weighted by molar-refractivity contribution is -0.671. The number of aromatic nitrogens is 2. The summed E-state index contributed by atoms with van der Waals surface area (Å²) in [4.78, 5) is 0. The van der Waals surface area contributed by atoms with Crippen LogP contribution in [0.5, 0.6) is 0 Å². The van der Waals surface area contributed by atoms with Gasteiger partial charge in [0.15, 0.2) is 0 Å². The highest BCUT2D eigenvalue weighted by Crippen LogP contribution is 1.93. The Bertz CT molecular complexity index is 200. The van der Waals surface area contributed by atoms with E-state index in [1.807, 2.05) is 18.8 Å². The second kappa shape index (κ2) is 5.49. The van der Waals surface area contributed by atoms with E-state index >= 15 is 0 Å². The lowest BCUT2D eigenvalue weighted by Gasteiger charge is -1.90. The molecule has 4 heteroatoms. The molecular weight excluding hydrogens is 180 g/mol. The van der Waals surface area contributed by atoms with Gasteiger partial charge in [0.05, 0.1) is 13.6 Å². The minimum atomic E-state index is 0. The summed E-state index contributed by atoms with van der Waals surface area (Å²) < 4.78 is 4.25. The first-order valence-electron chi connectivity index (χ1n) is 3.33. The molecule has 1 aromatic rings. The van der Waals surface area contributed by atoms with E-state index in [9.17, 15) is 0 Å². The summed E-state index contributed by atoms with van der Waals surface area (Å²) in [6.45, 7) is 1.11. The van der Waals surface area contributed by atoms with E-state index in [1.165, 1.54) is 5.75 Å². The normalized spacial score (nSPS) is 9.27. The van der Waals surface area contributed by atoms with Gasteiger partial charge in [-0.25, -0.2) is 9.13 Å². The molecular formula is C7H13ClN2S. The number of imidazole rings is 1. The Labute approximate surface area is 78.0 Å². The third-order valence-corrected chi connectivity index (χ3v) is 1.97. The first kappa shape index (κ1) is 10.8. The highest BCUT2D eigenvalue weighted by Gasteiger charge is 1.96. The molecule has 0 N–H and O–H groups in total. The molecule has 2 nitrogen and oxygen atoms in total. The maximum absolute atomic E-state index is 2.19. The standard InChI is InChI=1S/C7H13N2S.ClH/c1-8-3-4-9(7-8)5-6-10-2;/h3-4,7H,5-6H2,1-2H3;1H/q+1;/p-1. The van der Waals surface area contributed by atoms with Crippen molar-refractivity contribution in [3.05, 3.63) is 18.7 Å². The fraction of sp³-hybridized carbons (Fsp3) is 0.571. The minimum Gasteiger partial charge on any atom is -1.00 e. The maximum Gasteiger partial charge on any atom is 0.243 e. The van der Waals surface area contributed by atoms with Gasteiger partial charge in [-0.15, -0.1) is 0 Å². The van der Waals surface area contributed by atoms with E-state index < -0.39 is 0 Å². The summed E-state index contributed by atoms with van der Waals surface area (Å²) in [6.07, 6.45) is 8.37. The molecule has 1 heterocycles. The Morgan fingerprint density at radius 3 is 2.73 bits per heavy atom. The van der Waals surface area contributed by atoms with Crippen molar-refractivity contribution in [3.63, 3.8) is 0 Å². The van der Waals surface area contributed by atoms with Crippen molar-refractivity contribution in [2.24, 2.45) is 7.05 Å². The fourth-order valence-corrected chi connectivity index (χ4v) is 1.22. The predicted octanol–water partition coefficient (Wildman–Crippen LogP) is -2.32. The lowest BCUT2D eigenvalue weighted by Crippen LogP contribution is -3.00. The molecule has 0 aliphatic carbocycles. The monoisotopic (exact) mass is 192 g/mol. The Balaban J connectivity index is 0.000001000. The second-order valence-electron chi connectivity index (χ2n) is 2.31. The third-order valence-electron chi connectivity index (χ3n) is 1.38. The van der Waals surface area contributed by atoms with E-state index in [0.717, 1.165) is 6.54 Å². The Morgan fingerprint density at radius 2 is 2.27 bits per heavy atom. The van der Waals surface area contributed by atoms with Crippen LogP contribution >= 0.6 is 11.8 Å². The number of nitrogens with zero attached hydrogens (tertiary/aromatic N) is 2. The van der Waals surface area contributed by atoms with Crippen molar-refractivity contribution in [1.29, 1.82) is 0 Å². The van der Waals surface area contributed by atoms with Crippen LogP contribution in [0.2, 0.25) is 0 Å². The van der Waals surface area contributed by atoms with E-state index in [0.29, 0.717) is 0 Å². The summed E-state index contributed by atoms with van der Waals surface area (Å²) in [5.41, 5.74) is 0. The molecule has 0 atom stereocenters. The predicted molar refractivity (Wildman–Crippen MR) is 44.0 cm³/mol. The van der Waals surface area contributed by atoms with Crippen LogP contribution in [-0.2, 0) is 13.6 Å². The molecule has 0 spiro atoms. The molecule has 0 fully saturated rings. The highest BCUT2D eigenvalue weighted by atomic mass is 35.5. The van der Waals surface area contributed by atoms with Crippen molar-refractivity contribution in [1.82, 2.24) is 4.57 Å². The molecule has 0 radical (unpaired) electrons. The van der Waals surface area contributed by atoms with Crippen LogP contribution in [0, 0.1) is 0 Å². The van der Waals surface area contributed by atoms with Crippen molar-refractivity contribution in [2.75, 3.05) is 12.0 Å². The number of hydrogen-bond acceptors (Lipinski definition) is 1. The quantitative estimate of drug-likeness (QED) is 0.489. The number of thioether (sulfide) groups is 1. The average molecular weight is 193 g/mol. The van der Waals surface area contributed by atoms with Gasteiger partial charge in [0.1, 0.15) is 12.4 Å². The van der Waals surface area contributed by atoms with E-state index in [-0.39, 0.29) is 12.4 Å². The van der Waals surface area contributed by atoms with Gasteiger partial charge in [-0.1, -0.05) is 0 Å². The zero-order chi connectivity index (χ0) is 7.40. The Kier molecular flexibility index (Phi) is 5.42. The Hall–Kier alpha value is -0.150. The van der Waals surface area contributed by atoms with Crippen molar-refractivity contribution < 1.29 is 17.0 Å². The molecule has 0 saturated carbocycles. The number of rotatable bonds is 3.